The Kier molecular flexibility index (Phi) is 5.04. The topological polar surface area (TPSA) is 52.8 Å². The summed E-state index contributed by atoms with van der Waals surface area (Å²) in [5.41, 5.74) is 1.68. The number of carbonyl (C=O) groups excluding carboxylic acids is 1. The molecule has 6 heteroatoms. The minimum atomic E-state index is -0.00253. The van der Waals surface area contributed by atoms with Gasteiger partial charge in [0.15, 0.2) is 11.5 Å². The molecule has 0 bridgehead atoms. The van der Waals surface area contributed by atoms with Crippen LogP contribution in [0.1, 0.15) is 34.7 Å². The van der Waals surface area contributed by atoms with E-state index in [2.05, 4.69) is 27.1 Å². The number of amides is 1. The van der Waals surface area contributed by atoms with Gasteiger partial charge in [-0.1, -0.05) is 35.5 Å². The van der Waals surface area contributed by atoms with Gasteiger partial charge in [0.05, 0.1) is 6.54 Å². The van der Waals surface area contributed by atoms with Crippen molar-refractivity contribution in [3.63, 3.8) is 0 Å². The smallest absolute Gasteiger partial charge is 0.276 e. The second kappa shape index (κ2) is 7.60. The van der Waals surface area contributed by atoms with Gasteiger partial charge in [0, 0.05) is 38.3 Å². The van der Waals surface area contributed by atoms with Crippen molar-refractivity contribution in [2.45, 2.75) is 32.0 Å². The number of piperazine rings is 1. The fourth-order valence-corrected chi connectivity index (χ4v) is 4.04. The Balaban J connectivity index is 1.34. The predicted molar refractivity (Wildman–Crippen MR) is 98.6 cm³/mol. The van der Waals surface area contributed by atoms with Crippen LogP contribution in [0.2, 0.25) is 0 Å². The van der Waals surface area contributed by atoms with Crippen molar-refractivity contribution in [2.75, 3.05) is 33.2 Å². The van der Waals surface area contributed by atoms with Crippen molar-refractivity contribution in [1.82, 2.24) is 19.9 Å². The van der Waals surface area contributed by atoms with Crippen LogP contribution in [0.25, 0.3) is 0 Å². The van der Waals surface area contributed by atoms with Gasteiger partial charge in [-0.25, -0.2) is 0 Å². The minimum absolute atomic E-state index is 0.00253. The first-order chi connectivity index (χ1) is 12.7. The molecule has 1 atom stereocenters. The van der Waals surface area contributed by atoms with E-state index in [1.807, 2.05) is 30.1 Å². The number of rotatable bonds is 5. The first-order valence-electron chi connectivity index (χ1n) is 9.40. The van der Waals surface area contributed by atoms with Crippen molar-refractivity contribution in [3.8, 4) is 0 Å². The molecule has 4 rings (SSSR count). The highest BCUT2D eigenvalue weighted by Gasteiger charge is 2.33. The number of hydrogen-bond acceptors (Lipinski definition) is 5. The van der Waals surface area contributed by atoms with E-state index in [1.54, 1.807) is 6.07 Å². The van der Waals surface area contributed by atoms with E-state index in [4.69, 9.17) is 4.52 Å². The monoisotopic (exact) mass is 354 g/mol. The molecule has 1 aromatic carbocycles. The van der Waals surface area contributed by atoms with Gasteiger partial charge in [-0.3, -0.25) is 14.6 Å². The molecule has 3 heterocycles. The zero-order valence-electron chi connectivity index (χ0n) is 15.3. The van der Waals surface area contributed by atoms with Crippen molar-refractivity contribution in [2.24, 2.45) is 0 Å². The Morgan fingerprint density at radius 3 is 2.92 bits per heavy atom. The maximum Gasteiger partial charge on any atom is 0.276 e. The lowest BCUT2D eigenvalue weighted by atomic mass is 10.1. The zero-order chi connectivity index (χ0) is 17.9. The molecule has 1 aromatic heterocycles. The highest BCUT2D eigenvalue weighted by atomic mass is 16.5. The molecule has 26 heavy (non-hydrogen) atoms. The summed E-state index contributed by atoms with van der Waals surface area (Å²) in [4.78, 5) is 19.3. The van der Waals surface area contributed by atoms with Crippen molar-refractivity contribution >= 4 is 5.91 Å². The van der Waals surface area contributed by atoms with Gasteiger partial charge in [0.25, 0.3) is 5.91 Å². The third-order valence-electron chi connectivity index (χ3n) is 5.37. The van der Waals surface area contributed by atoms with Crippen LogP contribution < -0.4 is 0 Å². The summed E-state index contributed by atoms with van der Waals surface area (Å²) in [5.74, 6) is 0.726. The fourth-order valence-electron chi connectivity index (χ4n) is 4.04. The van der Waals surface area contributed by atoms with Gasteiger partial charge in [-0.15, -0.1) is 0 Å². The molecule has 0 radical (unpaired) electrons. The van der Waals surface area contributed by atoms with E-state index < -0.39 is 0 Å². The van der Waals surface area contributed by atoms with Gasteiger partial charge in [-0.2, -0.15) is 0 Å². The van der Waals surface area contributed by atoms with Gasteiger partial charge in [0.2, 0.25) is 0 Å². The lowest BCUT2D eigenvalue weighted by molar-refractivity contribution is 0.0561. The Bertz CT molecular complexity index is 745. The molecule has 2 aromatic rings. The number of carbonyl (C=O) groups is 1. The molecule has 0 aliphatic carbocycles. The van der Waals surface area contributed by atoms with Crippen LogP contribution in [0.4, 0.5) is 0 Å². The van der Waals surface area contributed by atoms with E-state index in [0.717, 1.165) is 31.9 Å². The number of fused-ring (bicyclic) bond motifs is 1. The largest absolute Gasteiger partial charge is 0.359 e. The Hall–Kier alpha value is -2.18. The lowest BCUT2D eigenvalue weighted by Crippen LogP contribution is -2.52. The molecule has 138 valence electrons. The molecular formula is C20H26N4O2. The Morgan fingerprint density at radius 1 is 1.23 bits per heavy atom. The maximum atomic E-state index is 12.7. The average molecular weight is 354 g/mol. The fraction of sp³-hybridized carbons (Fsp3) is 0.500. The van der Waals surface area contributed by atoms with Gasteiger partial charge in [-0.05, 0) is 32.0 Å². The molecule has 2 aliphatic rings. The van der Waals surface area contributed by atoms with Gasteiger partial charge in [0.1, 0.15) is 0 Å². The highest BCUT2D eigenvalue weighted by Crippen LogP contribution is 2.22. The van der Waals surface area contributed by atoms with Crippen LogP contribution >= 0.6 is 0 Å². The summed E-state index contributed by atoms with van der Waals surface area (Å²) >= 11 is 0. The molecule has 2 saturated heterocycles. The van der Waals surface area contributed by atoms with Crippen LogP contribution in [-0.2, 0) is 13.1 Å². The number of aromatic nitrogens is 1. The van der Waals surface area contributed by atoms with Crippen molar-refractivity contribution in [1.29, 1.82) is 0 Å². The standard InChI is InChI=1S/C20H26N4O2/c1-22(13-16-6-3-2-4-7-16)15-18-12-19(21-26-18)20(25)24-11-10-23-9-5-8-17(23)14-24/h2-4,6-7,12,17H,5,8-11,13-15H2,1H3. The summed E-state index contributed by atoms with van der Waals surface area (Å²) < 4.78 is 5.42. The van der Waals surface area contributed by atoms with E-state index in [-0.39, 0.29) is 5.91 Å². The molecule has 0 N–H and O–H groups in total. The number of hydrogen-bond donors (Lipinski definition) is 0. The SMILES string of the molecule is CN(Cc1ccccc1)Cc1cc(C(=O)N2CCN3CCCC3C2)no1. The molecule has 2 aliphatic heterocycles. The number of benzene rings is 1. The third-order valence-corrected chi connectivity index (χ3v) is 5.37. The second-order valence-corrected chi connectivity index (χ2v) is 7.42. The first kappa shape index (κ1) is 17.2. The molecule has 1 amide bonds. The van der Waals surface area contributed by atoms with E-state index >= 15 is 0 Å². The van der Waals surface area contributed by atoms with Gasteiger partial charge >= 0.3 is 0 Å². The molecule has 0 spiro atoms. The quantitative estimate of drug-likeness (QED) is 0.824. The molecule has 2 fully saturated rings. The van der Waals surface area contributed by atoms with Crippen LogP contribution in [-0.4, -0.2) is 65.0 Å². The van der Waals surface area contributed by atoms with Crippen LogP contribution in [0.5, 0.6) is 0 Å². The zero-order valence-corrected chi connectivity index (χ0v) is 15.3. The third kappa shape index (κ3) is 3.81. The molecular weight excluding hydrogens is 328 g/mol. The molecule has 0 saturated carbocycles. The Labute approximate surface area is 154 Å². The normalized spacial score (nSPS) is 20.5. The van der Waals surface area contributed by atoms with Crippen molar-refractivity contribution < 1.29 is 9.32 Å². The van der Waals surface area contributed by atoms with Crippen LogP contribution in [0, 0.1) is 0 Å². The lowest BCUT2D eigenvalue weighted by Gasteiger charge is -2.37. The summed E-state index contributed by atoms with van der Waals surface area (Å²) in [7, 11) is 2.04. The molecule has 6 nitrogen and oxygen atoms in total. The Morgan fingerprint density at radius 2 is 2.08 bits per heavy atom. The summed E-state index contributed by atoms with van der Waals surface area (Å²) in [6.07, 6.45) is 2.44. The van der Waals surface area contributed by atoms with E-state index in [9.17, 15) is 4.79 Å². The van der Waals surface area contributed by atoms with Crippen LogP contribution in [0.15, 0.2) is 40.9 Å². The number of nitrogens with zero attached hydrogens (tertiary/aromatic N) is 4. The van der Waals surface area contributed by atoms with E-state index in [0.29, 0.717) is 18.3 Å². The minimum Gasteiger partial charge on any atom is -0.359 e. The second-order valence-electron chi connectivity index (χ2n) is 7.42. The first-order valence-corrected chi connectivity index (χ1v) is 9.40. The van der Waals surface area contributed by atoms with Gasteiger partial charge < -0.3 is 9.42 Å². The van der Waals surface area contributed by atoms with E-state index in [1.165, 1.54) is 24.9 Å². The van der Waals surface area contributed by atoms with Crippen LogP contribution in [0.3, 0.4) is 0 Å². The summed E-state index contributed by atoms with van der Waals surface area (Å²) in [6.45, 7) is 5.20. The predicted octanol–water partition coefficient (Wildman–Crippen LogP) is 2.23. The maximum absolute atomic E-state index is 12.7. The summed E-state index contributed by atoms with van der Waals surface area (Å²) in [6, 6.07) is 12.6. The average Bonchev–Trinajstić information content (AvgIpc) is 3.30. The van der Waals surface area contributed by atoms with Crippen molar-refractivity contribution in [3.05, 3.63) is 53.4 Å². The molecule has 1 unspecified atom stereocenters. The highest BCUT2D eigenvalue weighted by molar-refractivity contribution is 5.92. The summed E-state index contributed by atoms with van der Waals surface area (Å²) in [5, 5.41) is 4.03.